The van der Waals surface area contributed by atoms with Crippen molar-refractivity contribution in [2.24, 2.45) is 5.92 Å². The van der Waals surface area contributed by atoms with Crippen molar-refractivity contribution >= 4 is 28.6 Å². The number of nitrogens with zero attached hydrogens (tertiary/aromatic N) is 1. The van der Waals surface area contributed by atoms with Gasteiger partial charge in [-0.15, -0.1) is 0 Å². The summed E-state index contributed by atoms with van der Waals surface area (Å²) in [4.78, 5) is 46.3. The van der Waals surface area contributed by atoms with E-state index < -0.39 is 18.1 Å². The van der Waals surface area contributed by atoms with E-state index in [0.717, 1.165) is 33.3 Å². The SMILES string of the molecule is CC(C)C(NC(=O)C1Cc2c([nH]c3ccccc23)C2c3ccccc3C(=O)N12)C(=O)NCc1ccc2c(c1)OCO2. The lowest BCUT2D eigenvalue weighted by atomic mass is 9.89. The summed E-state index contributed by atoms with van der Waals surface area (Å²) < 4.78 is 10.8. The van der Waals surface area contributed by atoms with Crippen LogP contribution in [0, 0.1) is 5.92 Å². The van der Waals surface area contributed by atoms with Crippen LogP contribution in [-0.4, -0.2) is 46.5 Å². The van der Waals surface area contributed by atoms with Gasteiger partial charge in [-0.05, 0) is 46.9 Å². The molecule has 7 rings (SSSR count). The largest absolute Gasteiger partial charge is 0.454 e. The van der Waals surface area contributed by atoms with Crippen molar-refractivity contribution in [1.29, 1.82) is 0 Å². The third-order valence-electron chi connectivity index (χ3n) is 8.31. The molecule has 0 spiro atoms. The first-order valence-corrected chi connectivity index (χ1v) is 13.9. The van der Waals surface area contributed by atoms with Crippen LogP contribution in [0.15, 0.2) is 66.7 Å². The lowest BCUT2D eigenvalue weighted by molar-refractivity contribution is -0.133. The predicted octanol–water partition coefficient (Wildman–Crippen LogP) is 3.82. The minimum atomic E-state index is -0.778. The van der Waals surface area contributed by atoms with E-state index in [0.29, 0.717) is 23.5 Å². The predicted molar refractivity (Wildman–Crippen MR) is 151 cm³/mol. The van der Waals surface area contributed by atoms with Crippen LogP contribution >= 0.6 is 0 Å². The highest BCUT2D eigenvalue weighted by atomic mass is 16.7. The number of hydrogen-bond acceptors (Lipinski definition) is 5. The number of carbonyl (C=O) groups is 3. The van der Waals surface area contributed by atoms with Crippen LogP contribution < -0.4 is 20.1 Å². The fourth-order valence-corrected chi connectivity index (χ4v) is 6.27. The number of ether oxygens (including phenoxy) is 2. The van der Waals surface area contributed by atoms with Gasteiger partial charge >= 0.3 is 0 Å². The van der Waals surface area contributed by atoms with Gasteiger partial charge in [0, 0.05) is 35.1 Å². The van der Waals surface area contributed by atoms with E-state index in [1.54, 1.807) is 4.90 Å². The van der Waals surface area contributed by atoms with E-state index >= 15 is 0 Å². The standard InChI is InChI=1S/C32H30N4O5/c1-17(2)27(31(38)33-15-18-11-12-25-26(13-18)41-16-40-25)35-30(37)24-14-22-19-7-5-6-10-23(19)34-28(22)29-20-8-3-4-9-21(20)32(39)36(24)29/h3-13,17,24,27,29,34H,14-16H2,1-2H3,(H,33,38)(H,35,37). The maximum absolute atomic E-state index is 14.0. The van der Waals surface area contributed by atoms with Crippen LogP contribution in [0.3, 0.4) is 0 Å². The Kier molecular flexibility index (Phi) is 5.96. The Morgan fingerprint density at radius 3 is 2.66 bits per heavy atom. The van der Waals surface area contributed by atoms with E-state index in [1.165, 1.54) is 0 Å². The molecule has 3 aliphatic heterocycles. The Morgan fingerprint density at radius 1 is 1.02 bits per heavy atom. The fourth-order valence-electron chi connectivity index (χ4n) is 6.27. The summed E-state index contributed by atoms with van der Waals surface area (Å²) in [6.45, 7) is 4.24. The van der Waals surface area contributed by atoms with Gasteiger partial charge in [-0.2, -0.15) is 0 Å². The molecule has 3 unspecified atom stereocenters. The number of H-pyrrole nitrogens is 1. The molecule has 4 heterocycles. The lowest BCUT2D eigenvalue weighted by Gasteiger charge is -2.38. The normalized spacial score (nSPS) is 19.1. The first-order valence-electron chi connectivity index (χ1n) is 13.9. The van der Waals surface area contributed by atoms with Crippen molar-refractivity contribution in [3.63, 3.8) is 0 Å². The fraction of sp³-hybridized carbons (Fsp3) is 0.281. The molecule has 9 nitrogen and oxygen atoms in total. The number of rotatable bonds is 6. The van der Waals surface area contributed by atoms with E-state index in [1.807, 2.05) is 80.6 Å². The van der Waals surface area contributed by atoms with Crippen LogP contribution in [0.5, 0.6) is 11.5 Å². The molecule has 0 radical (unpaired) electrons. The third kappa shape index (κ3) is 4.11. The molecule has 0 saturated carbocycles. The number of aromatic amines is 1. The van der Waals surface area contributed by atoms with Gasteiger partial charge in [0.05, 0.1) is 6.04 Å². The Morgan fingerprint density at radius 2 is 1.80 bits per heavy atom. The quantitative estimate of drug-likeness (QED) is 0.338. The molecule has 41 heavy (non-hydrogen) atoms. The maximum atomic E-state index is 14.0. The number of nitrogens with one attached hydrogen (secondary N) is 3. The molecule has 3 aliphatic rings. The van der Waals surface area contributed by atoms with Crippen LogP contribution in [-0.2, 0) is 22.6 Å². The number of fused-ring (bicyclic) bond motifs is 8. The van der Waals surface area contributed by atoms with Gasteiger partial charge in [-0.3, -0.25) is 14.4 Å². The Labute approximate surface area is 236 Å². The summed E-state index contributed by atoms with van der Waals surface area (Å²) in [5, 5.41) is 6.98. The summed E-state index contributed by atoms with van der Waals surface area (Å²) in [5.41, 5.74) is 5.28. The van der Waals surface area contributed by atoms with Crippen molar-refractivity contribution < 1.29 is 23.9 Å². The Hall–Kier alpha value is -4.79. The highest BCUT2D eigenvalue weighted by Crippen LogP contribution is 2.46. The van der Waals surface area contributed by atoms with Crippen molar-refractivity contribution in [3.05, 3.63) is 94.7 Å². The summed E-state index contributed by atoms with van der Waals surface area (Å²) in [6.07, 6.45) is 0.352. The molecule has 0 fully saturated rings. The van der Waals surface area contributed by atoms with Gasteiger partial charge in [-0.1, -0.05) is 56.3 Å². The third-order valence-corrected chi connectivity index (χ3v) is 8.31. The molecular formula is C32H30N4O5. The first kappa shape index (κ1) is 25.2. The molecule has 3 amide bonds. The average molecular weight is 551 g/mol. The van der Waals surface area contributed by atoms with Gasteiger partial charge in [0.1, 0.15) is 12.1 Å². The van der Waals surface area contributed by atoms with Gasteiger partial charge in [0.15, 0.2) is 11.5 Å². The number of benzene rings is 3. The second-order valence-corrected chi connectivity index (χ2v) is 11.1. The molecule has 208 valence electrons. The molecule has 0 bridgehead atoms. The highest BCUT2D eigenvalue weighted by molar-refractivity contribution is 6.04. The van der Waals surface area contributed by atoms with Crippen molar-refractivity contribution in [2.75, 3.05) is 6.79 Å². The van der Waals surface area contributed by atoms with E-state index in [9.17, 15) is 14.4 Å². The molecule has 3 aromatic carbocycles. The number of hydrogen-bond donors (Lipinski definition) is 3. The van der Waals surface area contributed by atoms with Gasteiger partial charge in [0.2, 0.25) is 18.6 Å². The zero-order valence-electron chi connectivity index (χ0n) is 22.8. The second kappa shape index (κ2) is 9.69. The van der Waals surface area contributed by atoms with E-state index in [-0.39, 0.29) is 37.0 Å². The van der Waals surface area contributed by atoms with Crippen molar-refractivity contribution in [3.8, 4) is 11.5 Å². The van der Waals surface area contributed by atoms with E-state index in [2.05, 4.69) is 15.6 Å². The first-order chi connectivity index (χ1) is 19.9. The monoisotopic (exact) mass is 550 g/mol. The smallest absolute Gasteiger partial charge is 0.255 e. The zero-order chi connectivity index (χ0) is 28.2. The molecular weight excluding hydrogens is 520 g/mol. The Bertz CT molecular complexity index is 1710. The maximum Gasteiger partial charge on any atom is 0.255 e. The van der Waals surface area contributed by atoms with Crippen LogP contribution in [0.25, 0.3) is 10.9 Å². The summed E-state index contributed by atoms with van der Waals surface area (Å²) in [7, 11) is 0. The van der Waals surface area contributed by atoms with Gasteiger partial charge in [-0.25, -0.2) is 0 Å². The minimum Gasteiger partial charge on any atom is -0.454 e. The van der Waals surface area contributed by atoms with Crippen molar-refractivity contribution in [2.45, 2.75) is 44.9 Å². The second-order valence-electron chi connectivity index (χ2n) is 11.1. The van der Waals surface area contributed by atoms with E-state index in [4.69, 9.17) is 9.47 Å². The molecule has 9 heteroatoms. The number of amides is 3. The Balaban J connectivity index is 1.16. The molecule has 4 aromatic rings. The lowest BCUT2D eigenvalue weighted by Crippen LogP contribution is -2.57. The number of carbonyl (C=O) groups excluding carboxylic acids is 3. The van der Waals surface area contributed by atoms with Crippen LogP contribution in [0.1, 0.15) is 52.6 Å². The minimum absolute atomic E-state index is 0.176. The van der Waals surface area contributed by atoms with Crippen LogP contribution in [0.2, 0.25) is 0 Å². The number of para-hydroxylation sites is 1. The molecule has 0 aliphatic carbocycles. The summed E-state index contributed by atoms with van der Waals surface area (Å²) in [5.74, 6) is 0.334. The molecule has 1 aromatic heterocycles. The van der Waals surface area contributed by atoms with Gasteiger partial charge < -0.3 is 30.0 Å². The molecule has 0 saturated heterocycles. The molecule has 3 N–H and O–H groups in total. The van der Waals surface area contributed by atoms with Crippen molar-refractivity contribution in [1.82, 2.24) is 20.5 Å². The average Bonchev–Trinajstić information content (AvgIpc) is 3.68. The zero-order valence-corrected chi connectivity index (χ0v) is 22.8. The van der Waals surface area contributed by atoms with Gasteiger partial charge in [0.25, 0.3) is 5.91 Å². The number of aromatic nitrogens is 1. The molecule has 3 atom stereocenters. The topological polar surface area (TPSA) is 113 Å². The summed E-state index contributed by atoms with van der Waals surface area (Å²) in [6, 6.07) is 19.1. The highest BCUT2D eigenvalue weighted by Gasteiger charge is 2.49. The van der Waals surface area contributed by atoms with Crippen LogP contribution in [0.4, 0.5) is 0 Å². The summed E-state index contributed by atoms with van der Waals surface area (Å²) >= 11 is 0.